The molecule has 0 heterocycles. The Balaban J connectivity index is 2.74. The summed E-state index contributed by atoms with van der Waals surface area (Å²) in [6.07, 6.45) is -0.0659. The lowest BCUT2D eigenvalue weighted by atomic mass is 10.1. The van der Waals surface area contributed by atoms with Gasteiger partial charge >= 0.3 is 5.97 Å². The van der Waals surface area contributed by atoms with E-state index in [0.29, 0.717) is 11.3 Å². The Bertz CT molecular complexity index is 443. The fraction of sp³-hybridized carbons (Fsp3) is 0.333. The van der Waals surface area contributed by atoms with E-state index in [0.717, 1.165) is 5.56 Å². The summed E-state index contributed by atoms with van der Waals surface area (Å²) >= 11 is 0. The van der Waals surface area contributed by atoms with Crippen molar-refractivity contribution in [3.05, 3.63) is 29.3 Å². The van der Waals surface area contributed by atoms with Gasteiger partial charge in [0.25, 0.3) is 5.91 Å². The molecule has 0 bridgehead atoms. The van der Waals surface area contributed by atoms with Gasteiger partial charge in [-0.15, -0.1) is 0 Å². The van der Waals surface area contributed by atoms with E-state index >= 15 is 0 Å². The van der Waals surface area contributed by atoms with E-state index in [1.165, 1.54) is 4.90 Å². The molecule has 17 heavy (non-hydrogen) atoms. The summed E-state index contributed by atoms with van der Waals surface area (Å²) in [6.45, 7) is 2.04. The highest BCUT2D eigenvalue weighted by atomic mass is 16.4. The van der Waals surface area contributed by atoms with Crippen molar-refractivity contribution in [2.75, 3.05) is 19.3 Å². The van der Waals surface area contributed by atoms with Crippen LogP contribution in [0.4, 0.5) is 5.69 Å². The molecule has 92 valence electrons. The van der Waals surface area contributed by atoms with Gasteiger partial charge in [0, 0.05) is 24.8 Å². The molecule has 1 amide bonds. The lowest BCUT2D eigenvalue weighted by Crippen LogP contribution is -2.29. The number of benzene rings is 1. The average Bonchev–Trinajstić information content (AvgIpc) is 2.28. The third-order valence-corrected chi connectivity index (χ3v) is 2.53. The Hall–Kier alpha value is -2.04. The number of carboxylic acid groups (broad SMARTS) is 1. The van der Waals surface area contributed by atoms with Gasteiger partial charge < -0.3 is 15.7 Å². The van der Waals surface area contributed by atoms with Crippen molar-refractivity contribution in [1.82, 2.24) is 4.90 Å². The SMILES string of the molecule is Cc1ccc(C(=O)N(C)CCC(=O)O)cc1N. The van der Waals surface area contributed by atoms with Crippen LogP contribution in [0.25, 0.3) is 0 Å². The first-order valence-electron chi connectivity index (χ1n) is 5.25. The zero-order valence-electron chi connectivity index (χ0n) is 9.93. The Morgan fingerprint density at radius 2 is 2.06 bits per heavy atom. The smallest absolute Gasteiger partial charge is 0.305 e. The maximum absolute atomic E-state index is 11.9. The van der Waals surface area contributed by atoms with Crippen LogP contribution in [0.15, 0.2) is 18.2 Å². The van der Waals surface area contributed by atoms with Gasteiger partial charge in [0.05, 0.1) is 6.42 Å². The molecule has 0 radical (unpaired) electrons. The molecular weight excluding hydrogens is 220 g/mol. The number of amides is 1. The van der Waals surface area contributed by atoms with Crippen molar-refractivity contribution in [1.29, 1.82) is 0 Å². The minimum absolute atomic E-state index is 0.0659. The number of nitrogen functional groups attached to an aromatic ring is 1. The summed E-state index contributed by atoms with van der Waals surface area (Å²) in [5.74, 6) is -1.15. The minimum Gasteiger partial charge on any atom is -0.481 e. The van der Waals surface area contributed by atoms with Gasteiger partial charge in [0.15, 0.2) is 0 Å². The highest BCUT2D eigenvalue weighted by Crippen LogP contribution is 2.14. The van der Waals surface area contributed by atoms with E-state index in [1.807, 2.05) is 6.92 Å². The minimum atomic E-state index is -0.923. The van der Waals surface area contributed by atoms with E-state index < -0.39 is 5.97 Å². The molecule has 1 aromatic rings. The maximum atomic E-state index is 11.9. The molecule has 0 aliphatic carbocycles. The number of carboxylic acids is 1. The number of hydrogen-bond acceptors (Lipinski definition) is 3. The van der Waals surface area contributed by atoms with Crippen LogP contribution in [0, 0.1) is 6.92 Å². The van der Waals surface area contributed by atoms with Crippen molar-refractivity contribution < 1.29 is 14.7 Å². The van der Waals surface area contributed by atoms with E-state index in [2.05, 4.69) is 0 Å². The first-order valence-corrected chi connectivity index (χ1v) is 5.25. The molecule has 0 saturated carbocycles. The van der Waals surface area contributed by atoms with E-state index in [4.69, 9.17) is 10.8 Å². The van der Waals surface area contributed by atoms with Gasteiger partial charge in [0.1, 0.15) is 0 Å². The first-order chi connectivity index (χ1) is 7.91. The fourth-order valence-electron chi connectivity index (χ4n) is 1.36. The van der Waals surface area contributed by atoms with Gasteiger partial charge in [0.2, 0.25) is 0 Å². The molecule has 0 unspecified atom stereocenters. The molecule has 0 aliphatic heterocycles. The molecule has 3 N–H and O–H groups in total. The molecule has 0 aliphatic rings. The number of aliphatic carboxylic acids is 1. The van der Waals surface area contributed by atoms with Crippen LogP contribution in [-0.2, 0) is 4.79 Å². The largest absolute Gasteiger partial charge is 0.481 e. The van der Waals surface area contributed by atoms with E-state index in [9.17, 15) is 9.59 Å². The monoisotopic (exact) mass is 236 g/mol. The second-order valence-electron chi connectivity index (χ2n) is 3.94. The first kappa shape index (κ1) is 13.0. The van der Waals surface area contributed by atoms with Crippen LogP contribution < -0.4 is 5.73 Å². The molecular formula is C12H16N2O3. The number of aryl methyl sites for hydroxylation is 1. The maximum Gasteiger partial charge on any atom is 0.305 e. The molecule has 0 atom stereocenters. The van der Waals surface area contributed by atoms with Crippen LogP contribution in [0.2, 0.25) is 0 Å². The molecule has 1 aromatic carbocycles. The number of hydrogen-bond donors (Lipinski definition) is 2. The molecule has 0 fully saturated rings. The highest BCUT2D eigenvalue weighted by Gasteiger charge is 2.13. The van der Waals surface area contributed by atoms with Crippen molar-refractivity contribution in [3.63, 3.8) is 0 Å². The number of carbonyl (C=O) groups excluding carboxylic acids is 1. The fourth-order valence-corrected chi connectivity index (χ4v) is 1.36. The zero-order valence-corrected chi connectivity index (χ0v) is 9.93. The van der Waals surface area contributed by atoms with Crippen LogP contribution in [-0.4, -0.2) is 35.5 Å². The lowest BCUT2D eigenvalue weighted by molar-refractivity contribution is -0.137. The zero-order chi connectivity index (χ0) is 13.0. The number of nitrogens with two attached hydrogens (primary N) is 1. The Morgan fingerprint density at radius 1 is 1.41 bits per heavy atom. The summed E-state index contributed by atoms with van der Waals surface area (Å²) in [6, 6.07) is 5.06. The van der Waals surface area contributed by atoms with Crippen LogP contribution in [0.3, 0.4) is 0 Å². The van der Waals surface area contributed by atoms with Crippen molar-refractivity contribution in [2.45, 2.75) is 13.3 Å². The molecule has 5 heteroatoms. The Morgan fingerprint density at radius 3 is 2.59 bits per heavy atom. The van der Waals surface area contributed by atoms with Gasteiger partial charge in [-0.3, -0.25) is 9.59 Å². The molecule has 1 rings (SSSR count). The average molecular weight is 236 g/mol. The quantitative estimate of drug-likeness (QED) is 0.767. The van der Waals surface area contributed by atoms with Crippen LogP contribution in [0.1, 0.15) is 22.3 Å². The van der Waals surface area contributed by atoms with E-state index in [-0.39, 0.29) is 18.9 Å². The Kier molecular flexibility index (Phi) is 4.09. The normalized spacial score (nSPS) is 10.0. The number of nitrogens with zero attached hydrogens (tertiary/aromatic N) is 1. The standard InChI is InChI=1S/C12H16N2O3/c1-8-3-4-9(7-10(8)13)12(17)14(2)6-5-11(15)16/h3-4,7H,5-6,13H2,1-2H3,(H,15,16). The van der Waals surface area contributed by atoms with Gasteiger partial charge in [-0.1, -0.05) is 6.07 Å². The predicted octanol–water partition coefficient (Wildman–Crippen LogP) is 1.12. The van der Waals surface area contributed by atoms with Crippen LogP contribution in [0.5, 0.6) is 0 Å². The van der Waals surface area contributed by atoms with E-state index in [1.54, 1.807) is 25.2 Å². The van der Waals surface area contributed by atoms with Gasteiger partial charge in [-0.25, -0.2) is 0 Å². The summed E-state index contributed by atoms with van der Waals surface area (Å²) in [5.41, 5.74) is 7.66. The van der Waals surface area contributed by atoms with Crippen molar-refractivity contribution in [3.8, 4) is 0 Å². The summed E-state index contributed by atoms with van der Waals surface area (Å²) in [5, 5.41) is 8.54. The third-order valence-electron chi connectivity index (χ3n) is 2.53. The predicted molar refractivity (Wildman–Crippen MR) is 64.8 cm³/mol. The van der Waals surface area contributed by atoms with Crippen molar-refractivity contribution >= 4 is 17.6 Å². The van der Waals surface area contributed by atoms with Gasteiger partial charge in [-0.2, -0.15) is 0 Å². The summed E-state index contributed by atoms with van der Waals surface area (Å²) in [4.78, 5) is 23.7. The highest BCUT2D eigenvalue weighted by molar-refractivity contribution is 5.95. The second-order valence-corrected chi connectivity index (χ2v) is 3.94. The molecule has 0 spiro atoms. The van der Waals surface area contributed by atoms with Gasteiger partial charge in [-0.05, 0) is 24.6 Å². The molecule has 5 nitrogen and oxygen atoms in total. The lowest BCUT2D eigenvalue weighted by Gasteiger charge is -2.16. The molecule has 0 saturated heterocycles. The molecule has 0 aromatic heterocycles. The number of carbonyl (C=O) groups is 2. The topological polar surface area (TPSA) is 83.6 Å². The summed E-state index contributed by atoms with van der Waals surface area (Å²) < 4.78 is 0. The number of anilines is 1. The Labute approximate surface area is 99.8 Å². The summed E-state index contributed by atoms with van der Waals surface area (Å²) in [7, 11) is 1.57. The van der Waals surface area contributed by atoms with Crippen LogP contribution >= 0.6 is 0 Å². The third kappa shape index (κ3) is 3.48. The number of rotatable bonds is 4. The van der Waals surface area contributed by atoms with Crippen molar-refractivity contribution in [2.24, 2.45) is 0 Å². The second kappa shape index (κ2) is 5.34.